The van der Waals surface area contributed by atoms with Crippen LogP contribution in [0.3, 0.4) is 0 Å². The minimum Gasteiger partial charge on any atom is -0.354 e. The molecule has 2 nitrogen and oxygen atoms in total. The van der Waals surface area contributed by atoms with E-state index in [-0.39, 0.29) is 0 Å². The third-order valence-corrected chi connectivity index (χ3v) is 1.51. The fraction of sp³-hybridized carbons (Fsp3) is 0.833. The van der Waals surface area contributed by atoms with Crippen LogP contribution >= 0.6 is 0 Å². The second-order valence-corrected chi connectivity index (χ2v) is 2.16. The summed E-state index contributed by atoms with van der Waals surface area (Å²) in [4.78, 5) is 1.93. The van der Waals surface area contributed by atoms with Gasteiger partial charge in [-0.3, -0.25) is 5.41 Å². The molecule has 1 N–H and O–H groups in total. The van der Waals surface area contributed by atoms with E-state index in [1.807, 2.05) is 4.90 Å². The van der Waals surface area contributed by atoms with E-state index in [1.54, 1.807) is 0 Å². The second-order valence-electron chi connectivity index (χ2n) is 2.16. The normalized spacial score (nSPS) is 20.8. The molecule has 2 heteroatoms. The van der Waals surface area contributed by atoms with Crippen molar-refractivity contribution in [3.63, 3.8) is 0 Å². The summed E-state index contributed by atoms with van der Waals surface area (Å²) in [6, 6.07) is 0. The number of nitrogens with one attached hydrogen (secondary N) is 1. The van der Waals surface area contributed by atoms with Crippen LogP contribution in [0.5, 0.6) is 0 Å². The molecule has 0 aromatic rings. The van der Waals surface area contributed by atoms with E-state index >= 15 is 0 Å². The van der Waals surface area contributed by atoms with Gasteiger partial charge >= 0.3 is 0 Å². The Morgan fingerprint density at radius 1 is 1.12 bits per heavy atom. The molecule has 0 saturated carbocycles. The number of hydrogen-bond donors (Lipinski definition) is 1. The molecule has 1 aliphatic heterocycles. The summed E-state index contributed by atoms with van der Waals surface area (Å²) in [5, 5.41) is 6.77. The highest BCUT2D eigenvalue weighted by molar-refractivity contribution is 5.50. The molecular weight excluding hydrogens is 100 g/mol. The standard InChI is InChI=1S/C6H11N2/c7-6-8-4-2-1-3-5-8/h7H,1-5H2. The van der Waals surface area contributed by atoms with Gasteiger partial charge < -0.3 is 4.90 Å². The van der Waals surface area contributed by atoms with Crippen LogP contribution in [0.4, 0.5) is 0 Å². The average Bonchev–Trinajstić information content (AvgIpc) is 1.90. The number of likely N-dealkylation sites (tertiary alicyclic amines) is 1. The van der Waals surface area contributed by atoms with E-state index in [0.29, 0.717) is 0 Å². The van der Waals surface area contributed by atoms with Crippen LogP contribution in [0.25, 0.3) is 0 Å². The molecule has 0 amide bonds. The fourth-order valence-corrected chi connectivity index (χ4v) is 1.01. The van der Waals surface area contributed by atoms with E-state index in [9.17, 15) is 0 Å². The maximum atomic E-state index is 6.77. The SMILES string of the molecule is N=[C]N1CCCCC1. The average molecular weight is 111 g/mol. The monoisotopic (exact) mass is 111 g/mol. The minimum atomic E-state index is 1.05. The van der Waals surface area contributed by atoms with Crippen molar-refractivity contribution in [2.24, 2.45) is 0 Å². The molecule has 1 heterocycles. The van der Waals surface area contributed by atoms with E-state index in [1.165, 1.54) is 19.3 Å². The third kappa shape index (κ3) is 1.22. The quantitative estimate of drug-likeness (QED) is 0.396. The second kappa shape index (κ2) is 2.70. The largest absolute Gasteiger partial charge is 0.354 e. The first-order valence-corrected chi connectivity index (χ1v) is 3.11. The Labute approximate surface area is 50.0 Å². The van der Waals surface area contributed by atoms with Gasteiger partial charge in [-0.1, -0.05) is 0 Å². The highest BCUT2D eigenvalue weighted by Gasteiger charge is 2.04. The Kier molecular flexibility index (Phi) is 1.89. The van der Waals surface area contributed by atoms with E-state index in [0.717, 1.165) is 13.1 Å². The van der Waals surface area contributed by atoms with Crippen molar-refractivity contribution in [3.05, 3.63) is 0 Å². The molecule has 0 atom stereocenters. The summed E-state index contributed by atoms with van der Waals surface area (Å²) < 4.78 is 0. The smallest absolute Gasteiger partial charge is 0.163 e. The molecule has 1 rings (SSSR count). The summed E-state index contributed by atoms with van der Waals surface area (Å²) in [6.07, 6.45) is 6.20. The minimum absolute atomic E-state index is 1.05. The van der Waals surface area contributed by atoms with Crippen molar-refractivity contribution in [3.8, 4) is 0 Å². The number of hydrogen-bond acceptors (Lipinski definition) is 1. The fourth-order valence-electron chi connectivity index (χ4n) is 1.01. The molecule has 0 aromatic heterocycles. The molecule has 1 radical (unpaired) electrons. The molecule has 8 heavy (non-hydrogen) atoms. The lowest BCUT2D eigenvalue weighted by Crippen LogP contribution is -2.27. The van der Waals surface area contributed by atoms with Gasteiger partial charge in [0.05, 0.1) is 0 Å². The van der Waals surface area contributed by atoms with Crippen LogP contribution < -0.4 is 0 Å². The zero-order chi connectivity index (χ0) is 5.82. The summed E-state index contributed by atoms with van der Waals surface area (Å²) >= 11 is 0. The third-order valence-electron chi connectivity index (χ3n) is 1.51. The molecule has 1 saturated heterocycles. The molecule has 1 aliphatic rings. The lowest BCUT2D eigenvalue weighted by molar-refractivity contribution is 0.349. The predicted molar refractivity (Wildman–Crippen MR) is 33.2 cm³/mol. The van der Waals surface area contributed by atoms with Gasteiger partial charge in [-0.15, -0.1) is 0 Å². The van der Waals surface area contributed by atoms with Crippen LogP contribution in [0.15, 0.2) is 0 Å². The van der Waals surface area contributed by atoms with Gasteiger partial charge in [-0.05, 0) is 19.3 Å². The predicted octanol–water partition coefficient (Wildman–Crippen LogP) is 0.956. The van der Waals surface area contributed by atoms with Crippen LogP contribution in [0, 0.1) is 5.41 Å². The first-order chi connectivity index (χ1) is 3.93. The van der Waals surface area contributed by atoms with E-state index in [2.05, 4.69) is 6.34 Å². The van der Waals surface area contributed by atoms with Crippen molar-refractivity contribution in [1.29, 1.82) is 5.41 Å². The van der Waals surface area contributed by atoms with Crippen LogP contribution in [0.2, 0.25) is 0 Å². The van der Waals surface area contributed by atoms with Crippen molar-refractivity contribution >= 4 is 6.34 Å². The summed E-state index contributed by atoms with van der Waals surface area (Å²) in [6.45, 7) is 2.09. The zero-order valence-corrected chi connectivity index (χ0v) is 4.98. The van der Waals surface area contributed by atoms with Gasteiger partial charge in [0.25, 0.3) is 0 Å². The highest BCUT2D eigenvalue weighted by Crippen LogP contribution is 2.05. The lowest BCUT2D eigenvalue weighted by Gasteiger charge is -2.21. The Balaban J connectivity index is 2.22. The Bertz CT molecular complexity index is 74.6. The molecule has 0 bridgehead atoms. The van der Waals surface area contributed by atoms with Crippen molar-refractivity contribution < 1.29 is 0 Å². The molecule has 0 unspecified atom stereocenters. The van der Waals surface area contributed by atoms with Crippen molar-refractivity contribution in [2.75, 3.05) is 13.1 Å². The molecule has 0 aromatic carbocycles. The summed E-state index contributed by atoms with van der Waals surface area (Å²) in [5.74, 6) is 0. The van der Waals surface area contributed by atoms with Gasteiger partial charge in [0.1, 0.15) is 0 Å². The Hall–Kier alpha value is -0.530. The van der Waals surface area contributed by atoms with Crippen molar-refractivity contribution in [2.45, 2.75) is 19.3 Å². The van der Waals surface area contributed by atoms with Crippen LogP contribution in [-0.4, -0.2) is 24.3 Å². The van der Waals surface area contributed by atoms with Gasteiger partial charge in [0.15, 0.2) is 6.34 Å². The number of nitrogens with zero attached hydrogens (tertiary/aromatic N) is 1. The maximum Gasteiger partial charge on any atom is 0.163 e. The van der Waals surface area contributed by atoms with Gasteiger partial charge in [-0.2, -0.15) is 0 Å². The number of piperidine rings is 1. The zero-order valence-electron chi connectivity index (χ0n) is 4.98. The van der Waals surface area contributed by atoms with Crippen LogP contribution in [0.1, 0.15) is 19.3 Å². The van der Waals surface area contributed by atoms with Crippen molar-refractivity contribution in [1.82, 2.24) is 4.90 Å². The topological polar surface area (TPSA) is 27.1 Å². The molecule has 0 spiro atoms. The molecule has 0 aliphatic carbocycles. The summed E-state index contributed by atoms with van der Waals surface area (Å²) in [5.41, 5.74) is 0. The highest BCUT2D eigenvalue weighted by atomic mass is 15.1. The summed E-state index contributed by atoms with van der Waals surface area (Å²) in [7, 11) is 0. The van der Waals surface area contributed by atoms with Gasteiger partial charge in [0, 0.05) is 13.1 Å². The maximum absolute atomic E-state index is 6.77. The molecular formula is C6H11N2. The first-order valence-electron chi connectivity index (χ1n) is 3.11. The number of rotatable bonds is 1. The molecule has 45 valence electrons. The van der Waals surface area contributed by atoms with Gasteiger partial charge in [0.2, 0.25) is 0 Å². The van der Waals surface area contributed by atoms with E-state index in [4.69, 9.17) is 5.41 Å². The first kappa shape index (κ1) is 5.60. The molecule has 1 fully saturated rings. The van der Waals surface area contributed by atoms with E-state index < -0.39 is 0 Å². The lowest BCUT2D eigenvalue weighted by atomic mass is 10.1. The Morgan fingerprint density at radius 2 is 1.75 bits per heavy atom. The van der Waals surface area contributed by atoms with Gasteiger partial charge in [-0.25, -0.2) is 0 Å². The Morgan fingerprint density at radius 3 is 2.12 bits per heavy atom. The van der Waals surface area contributed by atoms with Crippen LogP contribution in [-0.2, 0) is 0 Å².